The zero-order chi connectivity index (χ0) is 12.4. The Morgan fingerprint density at radius 3 is 2.38 bits per heavy atom. The maximum absolute atomic E-state index is 12.7. The van der Waals surface area contributed by atoms with Gasteiger partial charge in [-0.1, -0.05) is 0 Å². The van der Waals surface area contributed by atoms with Gasteiger partial charge in [-0.3, -0.25) is 0 Å². The first-order chi connectivity index (χ1) is 7.39. The Kier molecular flexibility index (Phi) is 4.99. The first-order valence-electron chi connectivity index (χ1n) is 4.94. The molecule has 1 fully saturated rings. The van der Waals surface area contributed by atoms with E-state index in [0.717, 1.165) is 5.75 Å². The Bertz CT molecular complexity index is 295. The summed E-state index contributed by atoms with van der Waals surface area (Å²) in [7, 11) is -0.276. The van der Waals surface area contributed by atoms with Gasteiger partial charge in [-0.15, -0.1) is 0 Å². The van der Waals surface area contributed by atoms with Crippen molar-refractivity contribution < 1.29 is 18.3 Å². The van der Waals surface area contributed by atoms with Crippen LogP contribution in [0.15, 0.2) is 0 Å². The molecule has 2 atom stereocenters. The molecule has 0 spiro atoms. The van der Waals surface area contributed by atoms with E-state index >= 15 is 0 Å². The minimum atomic E-state index is -3.15. The van der Waals surface area contributed by atoms with Gasteiger partial charge >= 0.3 is 108 Å². The number of rotatable bonds is 4. The number of ether oxygens (including phenoxy) is 1. The zero-order valence-electron chi connectivity index (χ0n) is 10.3. The first-order valence-corrected chi connectivity index (χ1v) is 10.0. The molecule has 0 aliphatic carbocycles. The fourth-order valence-electron chi connectivity index (χ4n) is 1.74. The Morgan fingerprint density at radius 2 is 1.94 bits per heavy atom. The van der Waals surface area contributed by atoms with E-state index in [4.69, 9.17) is 13.8 Å². The Labute approximate surface area is 108 Å². The average Bonchev–Trinajstić information content (AvgIpc) is 2.31. The van der Waals surface area contributed by atoms with Gasteiger partial charge in [0, 0.05) is 0 Å². The van der Waals surface area contributed by atoms with Gasteiger partial charge in [0.25, 0.3) is 0 Å². The predicted molar refractivity (Wildman–Crippen MR) is 68.5 cm³/mol. The molecule has 16 heavy (non-hydrogen) atoms. The van der Waals surface area contributed by atoms with Crippen molar-refractivity contribution in [3.63, 3.8) is 0 Å². The Morgan fingerprint density at radius 1 is 1.38 bits per heavy atom. The van der Waals surface area contributed by atoms with Crippen LogP contribution in [0.4, 0.5) is 0 Å². The van der Waals surface area contributed by atoms with E-state index in [-0.39, 0.29) is 15.0 Å². The second-order valence-electron chi connectivity index (χ2n) is 3.69. The van der Waals surface area contributed by atoms with Gasteiger partial charge in [-0.25, -0.2) is 0 Å². The third-order valence-corrected chi connectivity index (χ3v) is 11.3. The second-order valence-corrected chi connectivity index (χ2v) is 10.6. The molecule has 1 saturated heterocycles. The number of hydrogen-bond acceptors (Lipinski definition) is 5. The summed E-state index contributed by atoms with van der Waals surface area (Å²) in [5, 5.41) is 0. The molecule has 7 heteroatoms. The van der Waals surface area contributed by atoms with Crippen LogP contribution in [0.1, 0.15) is 13.8 Å². The predicted octanol–water partition coefficient (Wildman–Crippen LogP) is 2.42. The molecule has 1 heterocycles. The van der Waals surface area contributed by atoms with Gasteiger partial charge in [-0.2, -0.15) is 0 Å². The van der Waals surface area contributed by atoms with E-state index in [1.165, 1.54) is 14.2 Å². The molecule has 0 amide bonds. The van der Waals surface area contributed by atoms with Crippen molar-refractivity contribution in [3.8, 4) is 0 Å². The molecule has 0 radical (unpaired) electrons. The van der Waals surface area contributed by atoms with Crippen LogP contribution in [0.5, 0.6) is 0 Å². The van der Waals surface area contributed by atoms with Crippen molar-refractivity contribution in [2.24, 2.45) is 0 Å². The summed E-state index contributed by atoms with van der Waals surface area (Å²) in [6.45, 7) is 4.62. The van der Waals surface area contributed by atoms with Crippen molar-refractivity contribution in [1.82, 2.24) is 0 Å². The average molecular weight is 333 g/mol. The minimum absolute atomic E-state index is 0.196. The summed E-state index contributed by atoms with van der Waals surface area (Å²) in [4.78, 5) is 0. The van der Waals surface area contributed by atoms with Gasteiger partial charge in [-0.05, 0) is 0 Å². The molecule has 0 bridgehead atoms. The van der Waals surface area contributed by atoms with E-state index in [2.05, 4.69) is 5.82 Å². The van der Waals surface area contributed by atoms with Crippen molar-refractivity contribution in [3.05, 3.63) is 0 Å². The van der Waals surface area contributed by atoms with E-state index in [1.807, 2.05) is 13.8 Å². The van der Waals surface area contributed by atoms with Gasteiger partial charge in [0.1, 0.15) is 0 Å². The van der Waals surface area contributed by atoms with Gasteiger partial charge in [0.05, 0.1) is 0 Å². The topological polar surface area (TPSA) is 44.8 Å². The zero-order valence-corrected chi connectivity index (χ0v) is 13.7. The maximum atomic E-state index is 12.7. The fourth-order valence-corrected chi connectivity index (χ4v) is 8.59. The molecule has 0 aromatic rings. The molecule has 0 aromatic carbocycles. The van der Waals surface area contributed by atoms with Crippen molar-refractivity contribution >= 4 is 34.3 Å². The van der Waals surface area contributed by atoms with Crippen LogP contribution >= 0.6 is 19.4 Å². The molecule has 2 unspecified atom stereocenters. The van der Waals surface area contributed by atoms with Crippen LogP contribution in [-0.2, 0) is 18.3 Å². The summed E-state index contributed by atoms with van der Waals surface area (Å²) >= 11 is 1.83. The standard InChI is InChI=1S/C9H19O4PSSe/c1-8(16-5)9(2,15-7-6-13-8)14(10,11-3)12-4/h6-7H2,1-5H3. The van der Waals surface area contributed by atoms with Crippen LogP contribution in [0, 0.1) is 0 Å². The molecule has 96 valence electrons. The molecule has 0 aromatic heterocycles. The van der Waals surface area contributed by atoms with E-state index in [1.54, 1.807) is 11.8 Å². The summed E-state index contributed by atoms with van der Waals surface area (Å²) in [5.74, 6) is 2.91. The summed E-state index contributed by atoms with van der Waals surface area (Å²) in [5.41, 5.74) is 0. The van der Waals surface area contributed by atoms with Crippen LogP contribution in [0.3, 0.4) is 0 Å². The van der Waals surface area contributed by atoms with Crippen LogP contribution in [-0.4, -0.2) is 50.5 Å². The van der Waals surface area contributed by atoms with Crippen molar-refractivity contribution in [1.29, 1.82) is 0 Å². The monoisotopic (exact) mass is 334 g/mol. The molecule has 0 N–H and O–H groups in total. The normalized spacial score (nSPS) is 36.3. The van der Waals surface area contributed by atoms with Gasteiger partial charge < -0.3 is 0 Å². The number of thioether (sulfide) groups is 1. The quantitative estimate of drug-likeness (QED) is 0.584. The Hall–Kier alpha value is 0.979. The molecular formula is C9H19O4PSSe. The third kappa shape index (κ3) is 2.14. The Balaban J connectivity index is 3.17. The molecule has 1 aliphatic rings. The molecular weight excluding hydrogens is 314 g/mol. The van der Waals surface area contributed by atoms with Crippen molar-refractivity contribution in [2.45, 2.75) is 28.7 Å². The molecule has 1 rings (SSSR count). The SMILES string of the molecule is COP(=O)(OC)C1(C)SCCOC1(C)[Se]C. The number of hydrogen-bond donors (Lipinski definition) is 0. The molecule has 1 aliphatic heterocycles. The summed E-state index contributed by atoms with van der Waals surface area (Å²) in [6, 6.07) is 0. The van der Waals surface area contributed by atoms with Gasteiger partial charge in [0.2, 0.25) is 0 Å². The fraction of sp³-hybridized carbons (Fsp3) is 1.00. The first kappa shape index (κ1) is 15.0. The second kappa shape index (κ2) is 5.31. The summed E-state index contributed by atoms with van der Waals surface area (Å²) in [6.07, 6.45) is 0. The van der Waals surface area contributed by atoms with E-state index < -0.39 is 16.6 Å². The van der Waals surface area contributed by atoms with Crippen LogP contribution in [0.2, 0.25) is 5.82 Å². The van der Waals surface area contributed by atoms with Gasteiger partial charge in [0.15, 0.2) is 0 Å². The van der Waals surface area contributed by atoms with Crippen LogP contribution in [0.25, 0.3) is 0 Å². The van der Waals surface area contributed by atoms with E-state index in [0.29, 0.717) is 6.61 Å². The molecule has 0 saturated carbocycles. The molecule has 4 nitrogen and oxygen atoms in total. The van der Waals surface area contributed by atoms with E-state index in [9.17, 15) is 4.57 Å². The third-order valence-electron chi connectivity index (χ3n) is 3.08. The van der Waals surface area contributed by atoms with Crippen molar-refractivity contribution in [2.75, 3.05) is 26.6 Å². The summed E-state index contributed by atoms with van der Waals surface area (Å²) < 4.78 is 27.8. The van der Waals surface area contributed by atoms with Crippen LogP contribution < -0.4 is 0 Å².